The maximum atomic E-state index is 13.3. The van der Waals surface area contributed by atoms with Gasteiger partial charge in [0.05, 0.1) is 71.1 Å². The summed E-state index contributed by atoms with van der Waals surface area (Å²) in [5, 5.41) is 10.6. The van der Waals surface area contributed by atoms with E-state index in [1.807, 2.05) is 62.4 Å². The van der Waals surface area contributed by atoms with Crippen molar-refractivity contribution < 1.29 is 47.7 Å². The predicted octanol–water partition coefficient (Wildman–Crippen LogP) is 2.20. The lowest BCUT2D eigenvalue weighted by Gasteiger charge is -2.26. The van der Waals surface area contributed by atoms with Crippen molar-refractivity contribution in [2.75, 3.05) is 77.9 Å². The largest absolute Gasteiger partial charge is 0.379 e. The number of fused-ring (bicyclic) bond motifs is 2. The van der Waals surface area contributed by atoms with Crippen LogP contribution in [-0.2, 0) is 49.5 Å². The lowest BCUT2D eigenvalue weighted by Crippen LogP contribution is -2.46. The molecule has 2 aromatic rings. The zero-order chi connectivity index (χ0) is 42.8. The minimum Gasteiger partial charge on any atom is -0.379 e. The number of ether oxygens (including phenoxy) is 4. The summed E-state index contributed by atoms with van der Waals surface area (Å²) in [6.07, 6.45) is 0.977. The summed E-state index contributed by atoms with van der Waals surface area (Å²) in [7, 11) is 1.50. The quantitative estimate of drug-likeness (QED) is 0.0623. The maximum absolute atomic E-state index is 13.3. The van der Waals surface area contributed by atoms with Crippen LogP contribution >= 0.6 is 0 Å². The van der Waals surface area contributed by atoms with Gasteiger partial charge in [0.1, 0.15) is 0 Å². The van der Waals surface area contributed by atoms with Crippen LogP contribution in [0, 0.1) is 23.7 Å². The van der Waals surface area contributed by atoms with Gasteiger partial charge in [0, 0.05) is 62.9 Å². The highest BCUT2D eigenvalue weighted by atomic mass is 16.6. The average molecular weight is 821 g/mol. The number of carbonyl (C=O) groups is 6. The molecule has 1 aliphatic heterocycles. The second-order valence-corrected chi connectivity index (χ2v) is 14.2. The number of ketones is 1. The molecule has 322 valence electrons. The Morgan fingerprint density at radius 3 is 2.00 bits per heavy atom. The van der Waals surface area contributed by atoms with Crippen LogP contribution in [0.15, 0.2) is 48.5 Å². The highest BCUT2D eigenvalue weighted by molar-refractivity contribution is 5.97. The maximum Gasteiger partial charge on any atom is 0.312 e. The smallest absolute Gasteiger partial charge is 0.312 e. The SMILES string of the molecule is CNC(=O)[C@H](CCCNC(N)=O)CC(=O)[C@@H](NC(=O)CCOCCOCCOCCOCCNC(=O)CCC(=O)N1Cc2ccccc2C#Cc2ccccc21)C(C)C. The average Bonchev–Trinajstić information content (AvgIpc) is 3.21. The summed E-state index contributed by atoms with van der Waals surface area (Å²) in [6.45, 7) is 7.04. The van der Waals surface area contributed by atoms with Crippen molar-refractivity contribution >= 4 is 41.1 Å². The number of nitrogens with zero attached hydrogens (tertiary/aromatic N) is 1. The zero-order valence-electron chi connectivity index (χ0n) is 34.5. The number of amides is 6. The molecule has 0 aromatic heterocycles. The van der Waals surface area contributed by atoms with E-state index in [1.165, 1.54) is 7.05 Å². The van der Waals surface area contributed by atoms with Crippen molar-refractivity contribution in [1.29, 1.82) is 0 Å². The number of anilines is 1. The van der Waals surface area contributed by atoms with Gasteiger partial charge in [-0.2, -0.15) is 0 Å². The molecule has 0 aliphatic carbocycles. The number of Topliss-reactive ketones (excluding diaryl/α,β-unsaturated/α-hetero) is 1. The highest BCUT2D eigenvalue weighted by Gasteiger charge is 2.29. The Morgan fingerprint density at radius 1 is 0.729 bits per heavy atom. The lowest BCUT2D eigenvalue weighted by molar-refractivity contribution is -0.132. The third-order valence-electron chi connectivity index (χ3n) is 9.32. The Labute approximate surface area is 347 Å². The molecule has 0 radical (unpaired) electrons. The molecule has 59 heavy (non-hydrogen) atoms. The number of nitrogens with one attached hydrogen (secondary N) is 4. The molecule has 2 atom stereocenters. The zero-order valence-corrected chi connectivity index (χ0v) is 34.5. The van der Waals surface area contributed by atoms with Crippen LogP contribution in [0.1, 0.15) is 69.1 Å². The fourth-order valence-electron chi connectivity index (χ4n) is 6.17. The molecule has 0 bridgehead atoms. The Morgan fingerprint density at radius 2 is 1.34 bits per heavy atom. The molecule has 2 aromatic carbocycles. The lowest BCUT2D eigenvalue weighted by atomic mass is 9.89. The van der Waals surface area contributed by atoms with Gasteiger partial charge in [-0.3, -0.25) is 24.0 Å². The number of urea groups is 1. The van der Waals surface area contributed by atoms with Crippen LogP contribution < -0.4 is 31.9 Å². The van der Waals surface area contributed by atoms with E-state index in [9.17, 15) is 28.8 Å². The number of rotatable bonds is 28. The third-order valence-corrected chi connectivity index (χ3v) is 9.32. The van der Waals surface area contributed by atoms with Gasteiger partial charge in [-0.1, -0.05) is 56.0 Å². The number of para-hydroxylation sites is 1. The third kappa shape index (κ3) is 18.4. The molecular weight excluding hydrogens is 761 g/mol. The number of hydrogen-bond donors (Lipinski definition) is 5. The second-order valence-electron chi connectivity index (χ2n) is 14.2. The van der Waals surface area contributed by atoms with Crippen molar-refractivity contribution in [3.63, 3.8) is 0 Å². The van der Waals surface area contributed by atoms with Crippen LogP contribution in [0.5, 0.6) is 0 Å². The van der Waals surface area contributed by atoms with Crippen LogP contribution in [-0.4, -0.2) is 114 Å². The van der Waals surface area contributed by atoms with Crippen LogP contribution in [0.3, 0.4) is 0 Å². The molecule has 0 saturated heterocycles. The van der Waals surface area contributed by atoms with Crippen molar-refractivity contribution in [2.24, 2.45) is 17.6 Å². The van der Waals surface area contributed by atoms with Crippen LogP contribution in [0.25, 0.3) is 0 Å². The summed E-state index contributed by atoms with van der Waals surface area (Å²) in [5.74, 6) is 4.35. The Kier molecular flexibility index (Phi) is 22.3. The van der Waals surface area contributed by atoms with E-state index >= 15 is 0 Å². The number of primary amides is 1. The van der Waals surface area contributed by atoms with Gasteiger partial charge in [0.15, 0.2) is 5.78 Å². The molecule has 0 unspecified atom stereocenters. The molecule has 3 rings (SSSR count). The van der Waals surface area contributed by atoms with Crippen molar-refractivity contribution in [3.05, 3.63) is 65.2 Å². The summed E-state index contributed by atoms with van der Waals surface area (Å²) < 4.78 is 22.0. The molecule has 16 nitrogen and oxygen atoms in total. The van der Waals surface area contributed by atoms with E-state index in [-0.39, 0.29) is 74.2 Å². The monoisotopic (exact) mass is 820 g/mol. The number of hydrogen-bond acceptors (Lipinski definition) is 10. The van der Waals surface area contributed by atoms with Crippen molar-refractivity contribution in [3.8, 4) is 11.8 Å². The number of carbonyl (C=O) groups excluding carboxylic acids is 6. The minimum absolute atomic E-state index is 0.0424. The second kappa shape index (κ2) is 27.4. The van der Waals surface area contributed by atoms with E-state index in [0.717, 1.165) is 22.4 Å². The van der Waals surface area contributed by atoms with E-state index < -0.39 is 18.0 Å². The molecular formula is C43H60N6O10. The summed E-state index contributed by atoms with van der Waals surface area (Å²) in [5.41, 5.74) is 8.41. The summed E-state index contributed by atoms with van der Waals surface area (Å²) >= 11 is 0. The van der Waals surface area contributed by atoms with Crippen LogP contribution in [0.4, 0.5) is 10.5 Å². The van der Waals surface area contributed by atoms with E-state index in [0.29, 0.717) is 72.1 Å². The molecule has 6 N–H and O–H groups in total. The molecule has 16 heteroatoms. The van der Waals surface area contributed by atoms with Gasteiger partial charge in [-0.25, -0.2) is 4.79 Å². The highest BCUT2D eigenvalue weighted by Crippen LogP contribution is 2.26. The van der Waals surface area contributed by atoms with Crippen molar-refractivity contribution in [2.45, 2.75) is 65.0 Å². The molecule has 1 aliphatic rings. The Bertz CT molecular complexity index is 1740. The fourth-order valence-corrected chi connectivity index (χ4v) is 6.17. The topological polar surface area (TPSA) is 217 Å². The molecule has 0 spiro atoms. The first-order chi connectivity index (χ1) is 28.5. The molecule has 0 saturated carbocycles. The summed E-state index contributed by atoms with van der Waals surface area (Å²) in [4.78, 5) is 76.4. The van der Waals surface area contributed by atoms with Gasteiger partial charge in [0.25, 0.3) is 0 Å². The fraction of sp³-hybridized carbons (Fsp3) is 0.535. The first-order valence-electron chi connectivity index (χ1n) is 20.1. The van der Waals surface area contributed by atoms with E-state index in [4.69, 9.17) is 24.7 Å². The number of benzene rings is 2. The molecule has 1 heterocycles. The van der Waals surface area contributed by atoms with Gasteiger partial charge < -0.3 is 50.8 Å². The van der Waals surface area contributed by atoms with Gasteiger partial charge >= 0.3 is 6.03 Å². The Hall–Kier alpha value is -5.34. The first kappa shape index (κ1) is 48.0. The normalized spacial score (nSPS) is 12.7. The van der Waals surface area contributed by atoms with E-state index in [2.05, 4.69) is 33.1 Å². The Balaban J connectivity index is 1.18. The predicted molar refractivity (Wildman–Crippen MR) is 221 cm³/mol. The summed E-state index contributed by atoms with van der Waals surface area (Å²) in [6, 6.07) is 13.9. The van der Waals surface area contributed by atoms with Gasteiger partial charge in [-0.15, -0.1) is 0 Å². The van der Waals surface area contributed by atoms with Gasteiger partial charge in [0.2, 0.25) is 23.6 Å². The van der Waals surface area contributed by atoms with E-state index in [1.54, 1.807) is 4.90 Å². The molecule has 6 amide bonds. The first-order valence-corrected chi connectivity index (χ1v) is 20.1. The standard InChI is InChI=1S/C43H60N6O10/c1-31(2)41(37(50)29-34(42(54)45-3)12-8-19-47-43(44)55)48-39(52)18-21-56-23-25-58-27-28-59-26-24-57-22-20-46-38(51)16-17-40(53)49-30-35-11-5-4-9-32(35)14-15-33-10-6-7-13-36(33)49/h4-7,9-11,13,31,34,41H,8,12,16-30H2,1-3H3,(H,45,54)(H,46,51)(H,48,52)(H3,44,47,55)/t34-,41+/m1/s1. The molecule has 0 fully saturated rings. The van der Waals surface area contributed by atoms with Crippen molar-refractivity contribution in [1.82, 2.24) is 21.3 Å². The van der Waals surface area contributed by atoms with Crippen LogP contribution in [0.2, 0.25) is 0 Å². The minimum atomic E-state index is -0.753. The van der Waals surface area contributed by atoms with Gasteiger partial charge in [-0.05, 0) is 42.5 Å². The number of nitrogens with two attached hydrogens (primary N) is 1.